The Morgan fingerprint density at radius 3 is 2.90 bits per heavy atom. The zero-order valence-electron chi connectivity index (χ0n) is 12.8. The monoisotopic (exact) mass is 308 g/mol. The molecule has 21 heavy (non-hydrogen) atoms. The van der Waals surface area contributed by atoms with E-state index in [4.69, 9.17) is 5.11 Å². The van der Waals surface area contributed by atoms with Crippen LogP contribution in [-0.2, 0) is 6.54 Å². The lowest BCUT2D eigenvalue weighted by Crippen LogP contribution is -2.21. The maximum Gasteiger partial charge on any atom is 0.146 e. The Morgan fingerprint density at radius 2 is 2.14 bits per heavy atom. The topological polar surface area (TPSA) is 61.3 Å². The summed E-state index contributed by atoms with van der Waals surface area (Å²) in [6, 6.07) is 2.07. The van der Waals surface area contributed by atoms with Gasteiger partial charge in [0.15, 0.2) is 0 Å². The van der Waals surface area contributed by atoms with E-state index < -0.39 is 0 Å². The van der Waals surface area contributed by atoms with Crippen molar-refractivity contribution >= 4 is 27.4 Å². The van der Waals surface area contributed by atoms with E-state index in [1.807, 2.05) is 0 Å². The average Bonchev–Trinajstić information content (AvgIpc) is 2.92. The number of thiophene rings is 1. The molecular weight excluding hydrogens is 284 g/mol. The quantitative estimate of drug-likeness (QED) is 0.698. The number of aliphatic hydroxyl groups excluding tert-OH is 1. The number of hydrogen-bond donors (Lipinski definition) is 2. The first-order valence-electron chi connectivity index (χ1n) is 7.52. The van der Waals surface area contributed by atoms with Crippen LogP contribution in [0.4, 0.5) is 5.82 Å². The lowest BCUT2D eigenvalue weighted by Gasteiger charge is -2.16. The second-order valence-electron chi connectivity index (χ2n) is 5.18. The molecular formula is C15H24N4OS. The summed E-state index contributed by atoms with van der Waals surface area (Å²) in [7, 11) is 2.09. The number of aliphatic hydroxyl groups is 1. The number of nitrogens with one attached hydrogen (secondary N) is 1. The van der Waals surface area contributed by atoms with Gasteiger partial charge >= 0.3 is 0 Å². The van der Waals surface area contributed by atoms with E-state index in [-0.39, 0.29) is 6.61 Å². The van der Waals surface area contributed by atoms with Crippen LogP contribution >= 0.6 is 11.3 Å². The number of nitrogens with zero attached hydrogens (tertiary/aromatic N) is 3. The Morgan fingerprint density at radius 1 is 1.29 bits per heavy atom. The fourth-order valence-corrected chi connectivity index (χ4v) is 3.05. The van der Waals surface area contributed by atoms with Crippen molar-refractivity contribution in [2.75, 3.05) is 32.1 Å². The highest BCUT2D eigenvalue weighted by molar-refractivity contribution is 7.16. The van der Waals surface area contributed by atoms with E-state index in [0.29, 0.717) is 0 Å². The summed E-state index contributed by atoms with van der Waals surface area (Å²) in [5.74, 6) is 1.80. The number of hydrogen-bond acceptors (Lipinski definition) is 6. The minimum Gasteiger partial charge on any atom is -0.396 e. The second-order valence-corrected chi connectivity index (χ2v) is 6.07. The predicted octanol–water partition coefficient (Wildman–Crippen LogP) is 2.72. The summed E-state index contributed by atoms with van der Waals surface area (Å²) in [6.07, 6.45) is 3.04. The van der Waals surface area contributed by atoms with Gasteiger partial charge in [0.05, 0.1) is 11.9 Å². The molecule has 6 heteroatoms. The molecule has 0 saturated carbocycles. The van der Waals surface area contributed by atoms with Crippen molar-refractivity contribution in [2.24, 2.45) is 0 Å². The SMILES string of the molecule is CCNc1nc(CN(C)CCCCCO)nc2sccc12. The normalized spacial score (nSPS) is 11.4. The fraction of sp³-hybridized carbons (Fsp3) is 0.600. The van der Waals surface area contributed by atoms with Crippen molar-refractivity contribution < 1.29 is 5.11 Å². The van der Waals surface area contributed by atoms with Gasteiger partial charge in [-0.15, -0.1) is 11.3 Å². The van der Waals surface area contributed by atoms with Crippen LogP contribution in [0.1, 0.15) is 32.0 Å². The Bertz CT molecular complexity index is 558. The third-order valence-electron chi connectivity index (χ3n) is 3.32. The largest absolute Gasteiger partial charge is 0.396 e. The zero-order valence-corrected chi connectivity index (χ0v) is 13.6. The second kappa shape index (κ2) is 8.26. The standard InChI is InChI=1S/C15H24N4OS/c1-3-16-14-12-7-10-21-15(12)18-13(17-14)11-19(2)8-5-4-6-9-20/h7,10,20H,3-6,8-9,11H2,1-2H3,(H,16,17,18). The summed E-state index contributed by atoms with van der Waals surface area (Å²) >= 11 is 1.66. The van der Waals surface area contributed by atoms with Gasteiger partial charge in [0.1, 0.15) is 16.5 Å². The summed E-state index contributed by atoms with van der Waals surface area (Å²) in [5, 5.41) is 15.3. The molecule has 0 saturated heterocycles. The molecule has 0 bridgehead atoms. The molecule has 2 aromatic heterocycles. The molecule has 0 radical (unpaired) electrons. The third kappa shape index (κ3) is 4.62. The van der Waals surface area contributed by atoms with Gasteiger partial charge in [-0.25, -0.2) is 9.97 Å². The summed E-state index contributed by atoms with van der Waals surface area (Å²) < 4.78 is 0. The molecule has 0 atom stereocenters. The van der Waals surface area contributed by atoms with Crippen LogP contribution in [0.15, 0.2) is 11.4 Å². The average molecular weight is 308 g/mol. The van der Waals surface area contributed by atoms with Crippen molar-refractivity contribution in [3.63, 3.8) is 0 Å². The van der Waals surface area contributed by atoms with Crippen LogP contribution in [-0.4, -0.2) is 46.7 Å². The minimum absolute atomic E-state index is 0.286. The van der Waals surface area contributed by atoms with Crippen LogP contribution in [0.2, 0.25) is 0 Å². The van der Waals surface area contributed by atoms with Gasteiger partial charge in [0, 0.05) is 13.2 Å². The molecule has 2 aromatic rings. The smallest absolute Gasteiger partial charge is 0.146 e. The maximum atomic E-state index is 8.79. The van der Waals surface area contributed by atoms with Crippen molar-refractivity contribution in [1.29, 1.82) is 0 Å². The zero-order chi connectivity index (χ0) is 15.1. The van der Waals surface area contributed by atoms with E-state index >= 15 is 0 Å². The number of rotatable bonds is 9. The lowest BCUT2D eigenvalue weighted by molar-refractivity contribution is 0.269. The van der Waals surface area contributed by atoms with Crippen LogP contribution in [0.3, 0.4) is 0 Å². The number of fused-ring (bicyclic) bond motifs is 1. The van der Waals surface area contributed by atoms with Gasteiger partial charge in [-0.1, -0.05) is 0 Å². The summed E-state index contributed by atoms with van der Waals surface area (Å²) in [5.41, 5.74) is 0. The van der Waals surface area contributed by atoms with Crippen LogP contribution in [0.5, 0.6) is 0 Å². The third-order valence-corrected chi connectivity index (χ3v) is 4.13. The number of aromatic nitrogens is 2. The van der Waals surface area contributed by atoms with E-state index in [1.165, 1.54) is 0 Å². The molecule has 0 amide bonds. The molecule has 2 N–H and O–H groups in total. The number of anilines is 1. The molecule has 0 fully saturated rings. The van der Waals surface area contributed by atoms with Gasteiger partial charge in [0.25, 0.3) is 0 Å². The Labute approximate surface area is 130 Å². The molecule has 2 heterocycles. The molecule has 5 nitrogen and oxygen atoms in total. The molecule has 116 valence electrons. The first-order valence-corrected chi connectivity index (χ1v) is 8.40. The van der Waals surface area contributed by atoms with E-state index in [2.05, 4.69) is 45.6 Å². The molecule has 2 rings (SSSR count). The lowest BCUT2D eigenvalue weighted by atomic mass is 10.2. The van der Waals surface area contributed by atoms with Crippen molar-refractivity contribution in [2.45, 2.75) is 32.7 Å². The van der Waals surface area contributed by atoms with Gasteiger partial charge in [-0.3, -0.25) is 4.90 Å². The van der Waals surface area contributed by atoms with E-state index in [1.54, 1.807) is 11.3 Å². The van der Waals surface area contributed by atoms with Crippen molar-refractivity contribution in [3.05, 3.63) is 17.3 Å². The first-order chi connectivity index (χ1) is 10.2. The Hall–Kier alpha value is -1.24. The fourth-order valence-electron chi connectivity index (χ4n) is 2.26. The van der Waals surface area contributed by atoms with Gasteiger partial charge in [0.2, 0.25) is 0 Å². The maximum absolute atomic E-state index is 8.79. The van der Waals surface area contributed by atoms with Gasteiger partial charge < -0.3 is 10.4 Å². The van der Waals surface area contributed by atoms with Crippen molar-refractivity contribution in [1.82, 2.24) is 14.9 Å². The molecule has 0 unspecified atom stereocenters. The highest BCUT2D eigenvalue weighted by Gasteiger charge is 2.10. The molecule has 0 aliphatic carbocycles. The summed E-state index contributed by atoms with van der Waals surface area (Å²) in [6.45, 7) is 4.98. The summed E-state index contributed by atoms with van der Waals surface area (Å²) in [4.78, 5) is 12.6. The first kappa shape index (κ1) is 16.1. The van der Waals surface area contributed by atoms with Crippen molar-refractivity contribution in [3.8, 4) is 0 Å². The van der Waals surface area contributed by atoms with Crippen LogP contribution in [0.25, 0.3) is 10.2 Å². The Kier molecular flexibility index (Phi) is 6.35. The van der Waals surface area contributed by atoms with Gasteiger partial charge in [-0.2, -0.15) is 0 Å². The highest BCUT2D eigenvalue weighted by Crippen LogP contribution is 2.25. The predicted molar refractivity (Wildman–Crippen MR) is 88.8 cm³/mol. The highest BCUT2D eigenvalue weighted by atomic mass is 32.1. The van der Waals surface area contributed by atoms with Crippen LogP contribution in [0, 0.1) is 0 Å². The van der Waals surface area contributed by atoms with Crippen LogP contribution < -0.4 is 5.32 Å². The Balaban J connectivity index is 2.00. The van der Waals surface area contributed by atoms with Gasteiger partial charge in [-0.05, 0) is 51.2 Å². The minimum atomic E-state index is 0.286. The van der Waals surface area contributed by atoms with E-state index in [9.17, 15) is 0 Å². The number of unbranched alkanes of at least 4 members (excludes halogenated alkanes) is 2. The molecule has 0 aliphatic rings. The molecule has 0 spiro atoms. The molecule has 0 aromatic carbocycles. The van der Waals surface area contributed by atoms with E-state index in [0.717, 1.165) is 60.8 Å². The molecule has 0 aliphatic heterocycles.